The summed E-state index contributed by atoms with van der Waals surface area (Å²) in [6.07, 6.45) is 0. The molecular weight excluding hydrogens is 278 g/mol. The van der Waals surface area contributed by atoms with Crippen LogP contribution in [-0.2, 0) is 4.74 Å². The van der Waals surface area contributed by atoms with E-state index in [1.165, 1.54) is 19.2 Å². The molecule has 3 nitrogen and oxygen atoms in total. The van der Waals surface area contributed by atoms with Gasteiger partial charge in [-0.05, 0) is 23.6 Å². The van der Waals surface area contributed by atoms with Crippen molar-refractivity contribution in [3.8, 4) is 5.75 Å². The van der Waals surface area contributed by atoms with Crippen molar-refractivity contribution < 1.29 is 23.4 Å². The molecule has 2 aromatic carbocycles. The lowest BCUT2D eigenvalue weighted by molar-refractivity contribution is 0.0600. The van der Waals surface area contributed by atoms with Gasteiger partial charge in [0.05, 0.1) is 18.1 Å². The highest BCUT2D eigenvalue weighted by molar-refractivity contribution is 5.98. The first kappa shape index (κ1) is 18.8. The molecule has 0 saturated heterocycles. The van der Waals surface area contributed by atoms with Crippen molar-refractivity contribution in [1.29, 1.82) is 0 Å². The second kappa shape index (κ2) is 8.89. The molecule has 1 N–H and O–H groups in total. The first-order valence-corrected chi connectivity index (χ1v) is 6.73. The van der Waals surface area contributed by atoms with E-state index >= 15 is 0 Å². The Hall–Kier alpha value is -2.17. The summed E-state index contributed by atoms with van der Waals surface area (Å²) in [4.78, 5) is 11.3. The molecule has 0 bridgehead atoms. The molecule has 0 atom stereocenters. The average molecular weight is 298 g/mol. The normalized spacial score (nSPS) is 9.10. The lowest BCUT2D eigenvalue weighted by atomic mass is 10.1. The Kier molecular flexibility index (Phi) is 7.97. The molecule has 0 aliphatic rings. The highest BCUT2D eigenvalue weighted by atomic mass is 19.2. The van der Waals surface area contributed by atoms with E-state index in [0.29, 0.717) is 0 Å². The van der Waals surface area contributed by atoms with Gasteiger partial charge < -0.3 is 9.84 Å². The predicted octanol–water partition coefficient (Wildman–Crippen LogP) is 4.66. The third-order valence-electron chi connectivity index (χ3n) is 2.41. The maximum absolute atomic E-state index is 13.4. The predicted molar refractivity (Wildman–Crippen MR) is 79.6 cm³/mol. The molecule has 2 aromatic rings. The molecule has 0 heterocycles. The van der Waals surface area contributed by atoms with Crippen molar-refractivity contribution >= 4 is 16.7 Å². The molecule has 2 rings (SSSR count). The molecule has 0 aromatic heterocycles. The van der Waals surface area contributed by atoms with Crippen molar-refractivity contribution in [3.05, 3.63) is 41.5 Å². The molecular formula is C16H20F2O3. The lowest BCUT2D eigenvalue weighted by Crippen LogP contribution is -2.01. The number of rotatable bonds is 1. The van der Waals surface area contributed by atoms with Gasteiger partial charge in [-0.1, -0.05) is 33.8 Å². The quantitative estimate of drug-likeness (QED) is 0.779. The maximum atomic E-state index is 13.4. The van der Waals surface area contributed by atoms with Crippen LogP contribution in [0.25, 0.3) is 10.8 Å². The summed E-state index contributed by atoms with van der Waals surface area (Å²) in [6, 6.07) is 4.57. The van der Waals surface area contributed by atoms with Crippen LogP contribution in [0, 0.1) is 11.6 Å². The van der Waals surface area contributed by atoms with E-state index in [1.807, 2.05) is 27.7 Å². The zero-order valence-electron chi connectivity index (χ0n) is 12.8. The van der Waals surface area contributed by atoms with Crippen LogP contribution in [0.5, 0.6) is 5.75 Å². The topological polar surface area (TPSA) is 46.5 Å². The van der Waals surface area contributed by atoms with Gasteiger partial charge in [0.1, 0.15) is 5.75 Å². The number of ether oxygens (including phenoxy) is 1. The molecule has 21 heavy (non-hydrogen) atoms. The number of aromatic hydroxyl groups is 1. The van der Waals surface area contributed by atoms with Gasteiger partial charge in [0.15, 0.2) is 11.6 Å². The number of hydrogen-bond donors (Lipinski definition) is 1. The Morgan fingerprint density at radius 1 is 1.10 bits per heavy atom. The van der Waals surface area contributed by atoms with E-state index < -0.39 is 23.4 Å². The molecule has 0 saturated carbocycles. The number of methoxy groups -OCH3 is 1. The van der Waals surface area contributed by atoms with Crippen LogP contribution in [0.15, 0.2) is 24.3 Å². The standard InChI is InChI=1S/C12H8F2O3.2C2H6/c1-17-12(16)7-4-6-2-3-8(13)11(14)10(6)9(15)5-7;2*1-2/h2-5,15H,1H3;2*1-2H3. The molecule has 0 unspecified atom stereocenters. The summed E-state index contributed by atoms with van der Waals surface area (Å²) in [6.45, 7) is 8.00. The third kappa shape index (κ3) is 4.15. The number of esters is 1. The number of carbonyl (C=O) groups excluding carboxylic acids is 1. The zero-order chi connectivity index (χ0) is 16.6. The fraction of sp³-hybridized carbons (Fsp3) is 0.312. The highest BCUT2D eigenvalue weighted by Gasteiger charge is 2.15. The first-order chi connectivity index (χ1) is 10.0. The molecule has 0 amide bonds. The van der Waals surface area contributed by atoms with Crippen molar-refractivity contribution in [1.82, 2.24) is 0 Å². The van der Waals surface area contributed by atoms with Crippen LogP contribution >= 0.6 is 0 Å². The lowest BCUT2D eigenvalue weighted by Gasteiger charge is -2.06. The van der Waals surface area contributed by atoms with Crippen molar-refractivity contribution in [3.63, 3.8) is 0 Å². The fourth-order valence-electron chi connectivity index (χ4n) is 1.61. The number of hydrogen-bond acceptors (Lipinski definition) is 3. The Labute approximate surface area is 123 Å². The van der Waals surface area contributed by atoms with E-state index in [-0.39, 0.29) is 16.3 Å². The molecule has 5 heteroatoms. The Balaban J connectivity index is 0.000000921. The minimum Gasteiger partial charge on any atom is -0.507 e. The van der Waals surface area contributed by atoms with Crippen LogP contribution in [0.4, 0.5) is 8.78 Å². The third-order valence-corrected chi connectivity index (χ3v) is 2.41. The van der Waals surface area contributed by atoms with Crippen LogP contribution in [0.3, 0.4) is 0 Å². The summed E-state index contributed by atoms with van der Waals surface area (Å²) >= 11 is 0. The van der Waals surface area contributed by atoms with Gasteiger partial charge in [0.25, 0.3) is 0 Å². The van der Waals surface area contributed by atoms with E-state index in [1.54, 1.807) is 0 Å². The monoisotopic (exact) mass is 298 g/mol. The largest absolute Gasteiger partial charge is 0.507 e. The molecule has 0 fully saturated rings. The van der Waals surface area contributed by atoms with Gasteiger partial charge in [-0.3, -0.25) is 0 Å². The van der Waals surface area contributed by atoms with Crippen molar-refractivity contribution in [2.45, 2.75) is 27.7 Å². The summed E-state index contributed by atoms with van der Waals surface area (Å²) in [5.41, 5.74) is 0.0727. The summed E-state index contributed by atoms with van der Waals surface area (Å²) in [7, 11) is 1.19. The molecule has 0 radical (unpaired) electrons. The molecule has 0 aliphatic carbocycles. The fourth-order valence-corrected chi connectivity index (χ4v) is 1.61. The van der Waals surface area contributed by atoms with E-state index in [2.05, 4.69) is 4.74 Å². The van der Waals surface area contributed by atoms with E-state index in [9.17, 15) is 18.7 Å². The number of benzene rings is 2. The van der Waals surface area contributed by atoms with Gasteiger partial charge in [-0.2, -0.15) is 0 Å². The Bertz CT molecular complexity index is 610. The van der Waals surface area contributed by atoms with Crippen molar-refractivity contribution in [2.24, 2.45) is 0 Å². The van der Waals surface area contributed by atoms with Gasteiger partial charge in [0, 0.05) is 0 Å². The first-order valence-electron chi connectivity index (χ1n) is 6.73. The Morgan fingerprint density at radius 3 is 2.19 bits per heavy atom. The Morgan fingerprint density at radius 2 is 1.67 bits per heavy atom. The summed E-state index contributed by atoms with van der Waals surface area (Å²) in [5.74, 6) is -3.36. The number of phenolic OH excluding ortho intramolecular Hbond substituents is 1. The number of carbonyl (C=O) groups is 1. The zero-order valence-corrected chi connectivity index (χ0v) is 12.8. The highest BCUT2D eigenvalue weighted by Crippen LogP contribution is 2.30. The van der Waals surface area contributed by atoms with Gasteiger partial charge >= 0.3 is 5.97 Å². The maximum Gasteiger partial charge on any atom is 0.338 e. The second-order valence-corrected chi connectivity index (χ2v) is 3.45. The van der Waals surface area contributed by atoms with Gasteiger partial charge in [0.2, 0.25) is 0 Å². The van der Waals surface area contributed by atoms with Crippen LogP contribution in [0.1, 0.15) is 38.1 Å². The molecule has 0 spiro atoms. The molecule has 0 aliphatic heterocycles. The van der Waals surface area contributed by atoms with Crippen molar-refractivity contribution in [2.75, 3.05) is 7.11 Å². The number of halogens is 2. The minimum absolute atomic E-state index is 0.0727. The number of phenols is 1. The molecule has 116 valence electrons. The summed E-state index contributed by atoms with van der Waals surface area (Å²) in [5, 5.41) is 9.56. The average Bonchev–Trinajstić information content (AvgIpc) is 2.53. The van der Waals surface area contributed by atoms with E-state index in [0.717, 1.165) is 12.1 Å². The van der Waals surface area contributed by atoms with Gasteiger partial charge in [-0.25, -0.2) is 13.6 Å². The van der Waals surface area contributed by atoms with Crippen LogP contribution < -0.4 is 0 Å². The number of fused-ring (bicyclic) bond motifs is 1. The van der Waals surface area contributed by atoms with Crippen LogP contribution in [0.2, 0.25) is 0 Å². The van der Waals surface area contributed by atoms with Gasteiger partial charge in [-0.15, -0.1) is 0 Å². The summed E-state index contributed by atoms with van der Waals surface area (Å²) < 4.78 is 30.9. The van der Waals surface area contributed by atoms with E-state index in [4.69, 9.17) is 0 Å². The minimum atomic E-state index is -1.14. The van der Waals surface area contributed by atoms with Crippen LogP contribution in [-0.4, -0.2) is 18.2 Å². The second-order valence-electron chi connectivity index (χ2n) is 3.45. The smallest absolute Gasteiger partial charge is 0.338 e. The SMILES string of the molecule is CC.CC.COC(=O)c1cc(O)c2c(F)c(F)ccc2c1.